The van der Waals surface area contributed by atoms with Crippen LogP contribution in [0.15, 0.2) is 53.0 Å². The third-order valence-corrected chi connectivity index (χ3v) is 5.05. The van der Waals surface area contributed by atoms with Gasteiger partial charge in [0.15, 0.2) is 0 Å². The van der Waals surface area contributed by atoms with E-state index in [1.807, 2.05) is 47.4 Å². The number of benzene rings is 2. The lowest BCUT2D eigenvalue weighted by molar-refractivity contribution is -0.128. The molecular formula is C21H23BrN2O2. The Bertz CT molecular complexity index is 791. The van der Waals surface area contributed by atoms with E-state index in [-0.39, 0.29) is 11.8 Å². The highest BCUT2D eigenvalue weighted by atomic mass is 79.9. The van der Waals surface area contributed by atoms with E-state index in [1.54, 1.807) is 0 Å². The number of carbonyl (C=O) groups excluding carboxylic acids is 2. The standard InChI is InChI=1S/C21H23BrN2O2/c22-19-7-2-4-16(13-19)9-10-20(25)23-14-17-5-1-6-18(12-17)15-24-11-3-8-21(24)26/h1-2,4-7,12-13H,3,8-11,14-15H2,(H,23,25). The Balaban J connectivity index is 1.47. The Kier molecular flexibility index (Phi) is 6.45. The molecule has 3 rings (SSSR count). The van der Waals surface area contributed by atoms with Gasteiger partial charge < -0.3 is 10.2 Å². The molecule has 26 heavy (non-hydrogen) atoms. The molecule has 1 saturated heterocycles. The first-order valence-electron chi connectivity index (χ1n) is 8.97. The molecule has 0 spiro atoms. The third kappa shape index (κ3) is 5.43. The molecule has 2 amide bonds. The van der Waals surface area contributed by atoms with E-state index in [1.165, 1.54) is 0 Å². The number of amides is 2. The normalized spacial score (nSPS) is 13.9. The number of rotatable bonds is 7. The van der Waals surface area contributed by atoms with Crippen molar-refractivity contribution in [2.45, 2.75) is 38.8 Å². The van der Waals surface area contributed by atoms with Crippen molar-refractivity contribution < 1.29 is 9.59 Å². The molecule has 0 saturated carbocycles. The van der Waals surface area contributed by atoms with Crippen molar-refractivity contribution in [3.8, 4) is 0 Å². The van der Waals surface area contributed by atoms with Gasteiger partial charge in [0.05, 0.1) is 0 Å². The van der Waals surface area contributed by atoms with Crippen LogP contribution >= 0.6 is 15.9 Å². The predicted octanol–water partition coefficient (Wildman–Crippen LogP) is 3.82. The van der Waals surface area contributed by atoms with Crippen LogP contribution < -0.4 is 5.32 Å². The van der Waals surface area contributed by atoms with Gasteiger partial charge in [-0.25, -0.2) is 0 Å². The maximum Gasteiger partial charge on any atom is 0.222 e. The first-order chi connectivity index (χ1) is 12.6. The summed E-state index contributed by atoms with van der Waals surface area (Å²) in [6.07, 6.45) is 2.81. The van der Waals surface area contributed by atoms with E-state index in [2.05, 4.69) is 27.3 Å². The zero-order chi connectivity index (χ0) is 18.4. The molecule has 1 N–H and O–H groups in total. The van der Waals surface area contributed by atoms with Gasteiger partial charge in [-0.1, -0.05) is 52.3 Å². The van der Waals surface area contributed by atoms with Gasteiger partial charge in [-0.15, -0.1) is 0 Å². The molecule has 2 aromatic carbocycles. The van der Waals surface area contributed by atoms with Crippen molar-refractivity contribution >= 4 is 27.7 Å². The van der Waals surface area contributed by atoms with Crippen LogP contribution in [0.2, 0.25) is 0 Å². The molecule has 0 unspecified atom stereocenters. The van der Waals surface area contributed by atoms with E-state index in [0.29, 0.717) is 25.9 Å². The molecule has 4 nitrogen and oxygen atoms in total. The lowest BCUT2D eigenvalue weighted by Crippen LogP contribution is -2.24. The first kappa shape index (κ1) is 18.6. The minimum Gasteiger partial charge on any atom is -0.352 e. The fraction of sp³-hybridized carbons (Fsp3) is 0.333. The molecule has 5 heteroatoms. The Morgan fingerprint density at radius 1 is 1.08 bits per heavy atom. The number of halogens is 1. The Hall–Kier alpha value is -2.14. The summed E-state index contributed by atoms with van der Waals surface area (Å²) in [5.74, 6) is 0.279. The fourth-order valence-electron chi connectivity index (χ4n) is 3.17. The Morgan fingerprint density at radius 2 is 1.85 bits per heavy atom. The smallest absolute Gasteiger partial charge is 0.222 e. The highest BCUT2D eigenvalue weighted by Crippen LogP contribution is 2.15. The summed E-state index contributed by atoms with van der Waals surface area (Å²) in [6.45, 7) is 2.01. The highest BCUT2D eigenvalue weighted by molar-refractivity contribution is 9.10. The first-order valence-corrected chi connectivity index (χ1v) is 9.76. The molecule has 2 aromatic rings. The van der Waals surface area contributed by atoms with Crippen LogP contribution in [0.25, 0.3) is 0 Å². The topological polar surface area (TPSA) is 49.4 Å². The van der Waals surface area contributed by atoms with Crippen LogP contribution in [-0.2, 0) is 29.1 Å². The molecule has 0 bridgehead atoms. The van der Waals surface area contributed by atoms with Crippen LogP contribution in [0.3, 0.4) is 0 Å². The van der Waals surface area contributed by atoms with Gasteiger partial charge in [0.1, 0.15) is 0 Å². The molecule has 0 aromatic heterocycles. The fourth-order valence-corrected chi connectivity index (χ4v) is 3.62. The van der Waals surface area contributed by atoms with Gasteiger partial charge in [0.2, 0.25) is 11.8 Å². The molecule has 1 heterocycles. The van der Waals surface area contributed by atoms with E-state index in [4.69, 9.17) is 0 Å². The van der Waals surface area contributed by atoms with Crippen LogP contribution in [0, 0.1) is 0 Å². The molecule has 1 aliphatic heterocycles. The summed E-state index contributed by atoms with van der Waals surface area (Å²) in [4.78, 5) is 25.8. The zero-order valence-corrected chi connectivity index (χ0v) is 16.3. The average Bonchev–Trinajstić information content (AvgIpc) is 3.03. The predicted molar refractivity (Wildman–Crippen MR) is 105 cm³/mol. The summed E-state index contributed by atoms with van der Waals surface area (Å²) in [5, 5.41) is 2.98. The number of likely N-dealkylation sites (tertiary alicyclic amines) is 1. The largest absolute Gasteiger partial charge is 0.352 e. The van der Waals surface area contributed by atoms with Crippen LogP contribution in [0.1, 0.15) is 36.0 Å². The van der Waals surface area contributed by atoms with Crippen molar-refractivity contribution in [1.82, 2.24) is 10.2 Å². The summed E-state index contributed by atoms with van der Waals surface area (Å²) in [5.41, 5.74) is 3.32. The second-order valence-corrected chi connectivity index (χ2v) is 7.56. The highest BCUT2D eigenvalue weighted by Gasteiger charge is 2.19. The van der Waals surface area contributed by atoms with Crippen LogP contribution in [0.5, 0.6) is 0 Å². The molecule has 1 fully saturated rings. The van der Waals surface area contributed by atoms with Gasteiger partial charge in [-0.05, 0) is 41.7 Å². The molecule has 0 atom stereocenters. The SMILES string of the molecule is O=C(CCc1cccc(Br)c1)NCc1cccc(CN2CCCC2=O)c1. The van der Waals surface area contributed by atoms with Crippen LogP contribution in [0.4, 0.5) is 0 Å². The average molecular weight is 415 g/mol. The van der Waals surface area contributed by atoms with Gasteiger partial charge in [-0.3, -0.25) is 9.59 Å². The number of nitrogens with zero attached hydrogens (tertiary/aromatic N) is 1. The van der Waals surface area contributed by atoms with Crippen molar-refractivity contribution in [3.63, 3.8) is 0 Å². The van der Waals surface area contributed by atoms with Gasteiger partial charge in [0, 0.05) is 36.9 Å². The van der Waals surface area contributed by atoms with Crippen molar-refractivity contribution in [3.05, 3.63) is 69.7 Å². The van der Waals surface area contributed by atoms with Gasteiger partial charge in [0.25, 0.3) is 0 Å². The lowest BCUT2D eigenvalue weighted by Gasteiger charge is -2.16. The molecule has 1 aliphatic rings. The van der Waals surface area contributed by atoms with E-state index >= 15 is 0 Å². The number of carbonyl (C=O) groups is 2. The third-order valence-electron chi connectivity index (χ3n) is 4.56. The quantitative estimate of drug-likeness (QED) is 0.748. The number of nitrogens with one attached hydrogen (secondary N) is 1. The number of aryl methyl sites for hydroxylation is 1. The van der Waals surface area contributed by atoms with Crippen molar-refractivity contribution in [2.24, 2.45) is 0 Å². The van der Waals surface area contributed by atoms with Crippen molar-refractivity contribution in [2.75, 3.05) is 6.54 Å². The van der Waals surface area contributed by atoms with E-state index < -0.39 is 0 Å². The van der Waals surface area contributed by atoms with E-state index in [9.17, 15) is 9.59 Å². The molecule has 136 valence electrons. The molecule has 0 radical (unpaired) electrons. The minimum absolute atomic E-state index is 0.0464. The second-order valence-electron chi connectivity index (χ2n) is 6.65. The summed E-state index contributed by atoms with van der Waals surface area (Å²) in [6, 6.07) is 16.1. The second kappa shape index (κ2) is 8.99. The van der Waals surface area contributed by atoms with Gasteiger partial charge >= 0.3 is 0 Å². The van der Waals surface area contributed by atoms with Crippen molar-refractivity contribution in [1.29, 1.82) is 0 Å². The monoisotopic (exact) mass is 414 g/mol. The molecule has 0 aliphatic carbocycles. The zero-order valence-electron chi connectivity index (χ0n) is 14.7. The minimum atomic E-state index is 0.0464. The lowest BCUT2D eigenvalue weighted by atomic mass is 10.1. The summed E-state index contributed by atoms with van der Waals surface area (Å²) < 4.78 is 1.03. The maximum atomic E-state index is 12.1. The number of hydrogen-bond donors (Lipinski definition) is 1. The van der Waals surface area contributed by atoms with Gasteiger partial charge in [-0.2, -0.15) is 0 Å². The number of hydrogen-bond acceptors (Lipinski definition) is 2. The summed E-state index contributed by atoms with van der Waals surface area (Å²) in [7, 11) is 0. The Morgan fingerprint density at radius 3 is 2.62 bits per heavy atom. The van der Waals surface area contributed by atoms with E-state index in [0.717, 1.165) is 40.5 Å². The Labute approximate surface area is 162 Å². The van der Waals surface area contributed by atoms with Crippen LogP contribution in [-0.4, -0.2) is 23.3 Å². The maximum absolute atomic E-state index is 12.1. The molecular weight excluding hydrogens is 392 g/mol. The summed E-state index contributed by atoms with van der Waals surface area (Å²) >= 11 is 3.45.